The van der Waals surface area contributed by atoms with Crippen molar-refractivity contribution in [2.75, 3.05) is 0 Å². The molecule has 9 nitrogen and oxygen atoms in total. The Bertz CT molecular complexity index is 1250. The molecule has 1 amide bonds. The van der Waals surface area contributed by atoms with E-state index in [0.29, 0.717) is 39.6 Å². The van der Waals surface area contributed by atoms with Crippen LogP contribution >= 0.6 is 0 Å². The minimum Gasteiger partial charge on any atom is -0.346 e. The van der Waals surface area contributed by atoms with Gasteiger partial charge in [0, 0.05) is 35.0 Å². The zero-order valence-electron chi connectivity index (χ0n) is 18.5. The fourth-order valence-electron chi connectivity index (χ4n) is 3.21. The number of nitrogens with zero attached hydrogens (tertiary/aromatic N) is 7. The lowest BCUT2D eigenvalue weighted by Crippen LogP contribution is -2.23. The lowest BCUT2D eigenvalue weighted by Gasteiger charge is -2.12. The van der Waals surface area contributed by atoms with Crippen LogP contribution in [0.1, 0.15) is 52.9 Å². The van der Waals surface area contributed by atoms with Crippen LogP contribution in [-0.2, 0) is 13.2 Å². The molecule has 0 fully saturated rings. The Kier molecular flexibility index (Phi) is 6.43. The summed E-state index contributed by atoms with van der Waals surface area (Å²) in [6, 6.07) is 8.69. The number of carbonyl (C=O) groups is 1. The van der Waals surface area contributed by atoms with Crippen LogP contribution in [0.3, 0.4) is 0 Å². The van der Waals surface area contributed by atoms with E-state index < -0.39 is 6.67 Å². The molecule has 0 aliphatic rings. The molecular weight excluding hydrogens is 423 g/mol. The number of aryl methyl sites for hydroxylation is 1. The number of tetrazole rings is 1. The third-order valence-electron chi connectivity index (χ3n) is 4.97. The van der Waals surface area contributed by atoms with Crippen LogP contribution in [0.2, 0.25) is 0 Å². The Labute approximate surface area is 190 Å². The van der Waals surface area contributed by atoms with E-state index in [1.165, 1.54) is 6.20 Å². The molecule has 0 aliphatic heterocycles. The monoisotopic (exact) mass is 446 g/mol. The molecule has 3 aromatic heterocycles. The molecule has 0 bridgehead atoms. The van der Waals surface area contributed by atoms with Gasteiger partial charge >= 0.3 is 0 Å². The van der Waals surface area contributed by atoms with E-state index >= 15 is 0 Å². The molecule has 33 heavy (non-hydrogen) atoms. The van der Waals surface area contributed by atoms with Gasteiger partial charge in [0.2, 0.25) is 0 Å². The fourth-order valence-corrected chi connectivity index (χ4v) is 3.21. The maximum atomic E-state index is 13.0. The third-order valence-corrected chi connectivity index (χ3v) is 4.97. The van der Waals surface area contributed by atoms with Crippen LogP contribution in [0.4, 0.5) is 4.39 Å². The second kappa shape index (κ2) is 9.60. The summed E-state index contributed by atoms with van der Waals surface area (Å²) >= 11 is 0. The number of benzene rings is 1. The number of rotatable bonds is 7. The van der Waals surface area contributed by atoms with Crippen molar-refractivity contribution in [3.63, 3.8) is 0 Å². The number of amides is 1. The van der Waals surface area contributed by atoms with Gasteiger partial charge in [0.15, 0.2) is 5.82 Å². The summed E-state index contributed by atoms with van der Waals surface area (Å²) < 4.78 is 14.5. The average molecular weight is 446 g/mol. The van der Waals surface area contributed by atoms with Crippen molar-refractivity contribution < 1.29 is 9.18 Å². The molecule has 0 atom stereocenters. The second-order valence-corrected chi connectivity index (χ2v) is 7.89. The van der Waals surface area contributed by atoms with Gasteiger partial charge in [0.25, 0.3) is 5.91 Å². The van der Waals surface area contributed by atoms with Crippen molar-refractivity contribution in [2.45, 2.75) is 39.9 Å². The Morgan fingerprint density at radius 1 is 1.09 bits per heavy atom. The molecule has 0 aliphatic carbocycles. The largest absolute Gasteiger partial charge is 0.346 e. The molecule has 10 heteroatoms. The standard InChI is InChI=1S/C23H23FN8O/c1-14(2)22-29-30-31-32(22)20-7-17(21-5-4-16(9-24)11-27-21)6-18(8-20)23(33)28-13-19-12-25-15(3)10-26-19/h4-8,10-12,14H,9,13H2,1-3H3,(H,28,33). The van der Waals surface area contributed by atoms with Crippen LogP contribution in [0.5, 0.6) is 0 Å². The first-order valence-electron chi connectivity index (χ1n) is 10.5. The first-order valence-corrected chi connectivity index (χ1v) is 10.5. The number of carbonyl (C=O) groups excluding carboxylic acids is 1. The van der Waals surface area contributed by atoms with Crippen molar-refractivity contribution >= 4 is 5.91 Å². The highest BCUT2D eigenvalue weighted by Gasteiger charge is 2.17. The number of pyridine rings is 1. The molecular formula is C23H23FN8O. The molecule has 0 radical (unpaired) electrons. The summed E-state index contributed by atoms with van der Waals surface area (Å²) in [5.41, 5.74) is 4.25. The Hall–Kier alpha value is -4.08. The van der Waals surface area contributed by atoms with Gasteiger partial charge in [-0.1, -0.05) is 19.9 Å². The Balaban J connectivity index is 1.70. The topological polar surface area (TPSA) is 111 Å². The maximum absolute atomic E-state index is 13.0. The number of hydrogen-bond donors (Lipinski definition) is 1. The van der Waals surface area contributed by atoms with Gasteiger partial charge in [-0.15, -0.1) is 5.10 Å². The number of aromatic nitrogens is 7. The quantitative estimate of drug-likeness (QED) is 0.463. The number of halogens is 1. The van der Waals surface area contributed by atoms with Gasteiger partial charge in [-0.3, -0.25) is 19.7 Å². The highest BCUT2D eigenvalue weighted by molar-refractivity contribution is 5.96. The molecule has 3 heterocycles. The smallest absolute Gasteiger partial charge is 0.251 e. The summed E-state index contributed by atoms with van der Waals surface area (Å²) in [5.74, 6) is 0.442. The summed E-state index contributed by atoms with van der Waals surface area (Å²) in [6.07, 6.45) is 4.76. The van der Waals surface area contributed by atoms with Crippen LogP contribution in [0.15, 0.2) is 48.9 Å². The molecule has 168 valence electrons. The van der Waals surface area contributed by atoms with Gasteiger partial charge in [0.05, 0.1) is 35.5 Å². The first kappa shape index (κ1) is 22.1. The number of nitrogens with one attached hydrogen (secondary N) is 1. The Morgan fingerprint density at radius 3 is 2.61 bits per heavy atom. The lowest BCUT2D eigenvalue weighted by molar-refractivity contribution is 0.0950. The van der Waals surface area contributed by atoms with Gasteiger partial charge in [-0.2, -0.15) is 4.68 Å². The van der Waals surface area contributed by atoms with E-state index in [0.717, 1.165) is 5.69 Å². The van der Waals surface area contributed by atoms with Crippen molar-refractivity contribution in [3.8, 4) is 16.9 Å². The highest BCUT2D eigenvalue weighted by atomic mass is 19.1. The van der Waals surface area contributed by atoms with Crippen LogP contribution < -0.4 is 5.32 Å². The minimum atomic E-state index is -0.592. The van der Waals surface area contributed by atoms with E-state index in [9.17, 15) is 9.18 Å². The lowest BCUT2D eigenvalue weighted by atomic mass is 10.0. The van der Waals surface area contributed by atoms with Gasteiger partial charge in [0.1, 0.15) is 6.67 Å². The van der Waals surface area contributed by atoms with E-state index in [2.05, 4.69) is 35.8 Å². The predicted octanol–water partition coefficient (Wildman–Crippen LogP) is 3.35. The van der Waals surface area contributed by atoms with E-state index in [1.807, 2.05) is 26.8 Å². The van der Waals surface area contributed by atoms with E-state index in [-0.39, 0.29) is 18.4 Å². The maximum Gasteiger partial charge on any atom is 0.251 e. The van der Waals surface area contributed by atoms with Crippen LogP contribution in [0.25, 0.3) is 16.9 Å². The molecule has 4 aromatic rings. The van der Waals surface area contributed by atoms with Crippen LogP contribution in [0, 0.1) is 6.92 Å². The predicted molar refractivity (Wildman–Crippen MR) is 119 cm³/mol. The van der Waals surface area contributed by atoms with Gasteiger partial charge < -0.3 is 5.32 Å². The van der Waals surface area contributed by atoms with E-state index in [1.54, 1.807) is 41.3 Å². The van der Waals surface area contributed by atoms with Crippen molar-refractivity contribution in [2.24, 2.45) is 0 Å². The average Bonchev–Trinajstić information content (AvgIpc) is 3.34. The fraction of sp³-hybridized carbons (Fsp3) is 0.261. The minimum absolute atomic E-state index is 0.0722. The van der Waals surface area contributed by atoms with Crippen molar-refractivity contribution in [3.05, 3.63) is 77.3 Å². The summed E-state index contributed by atoms with van der Waals surface area (Å²) in [6.45, 7) is 5.46. The zero-order valence-corrected chi connectivity index (χ0v) is 18.5. The van der Waals surface area contributed by atoms with Crippen molar-refractivity contribution in [1.29, 1.82) is 0 Å². The normalized spacial score (nSPS) is 11.1. The first-order chi connectivity index (χ1) is 15.9. The van der Waals surface area contributed by atoms with Crippen LogP contribution in [-0.4, -0.2) is 41.1 Å². The number of hydrogen-bond acceptors (Lipinski definition) is 7. The number of alkyl halides is 1. The molecule has 0 saturated carbocycles. The molecule has 0 saturated heterocycles. The zero-order chi connectivity index (χ0) is 23.4. The van der Waals surface area contributed by atoms with E-state index in [4.69, 9.17) is 0 Å². The summed E-state index contributed by atoms with van der Waals surface area (Å²) in [5, 5.41) is 14.9. The molecule has 0 spiro atoms. The van der Waals surface area contributed by atoms with Gasteiger partial charge in [-0.25, -0.2) is 4.39 Å². The highest BCUT2D eigenvalue weighted by Crippen LogP contribution is 2.25. The molecule has 1 aromatic carbocycles. The van der Waals surface area contributed by atoms with Crippen molar-refractivity contribution in [1.82, 2.24) is 40.5 Å². The molecule has 4 rings (SSSR count). The summed E-state index contributed by atoms with van der Waals surface area (Å²) in [7, 11) is 0. The van der Waals surface area contributed by atoms with Gasteiger partial charge in [-0.05, 0) is 41.6 Å². The summed E-state index contributed by atoms with van der Waals surface area (Å²) in [4.78, 5) is 25.8. The third kappa shape index (κ3) is 5.05. The Morgan fingerprint density at radius 2 is 1.94 bits per heavy atom. The SMILES string of the molecule is Cc1cnc(CNC(=O)c2cc(-c3ccc(CF)cn3)cc(-n3nnnc3C(C)C)c2)cn1. The second-order valence-electron chi connectivity index (χ2n) is 7.89. The molecule has 0 unspecified atom stereocenters. The molecule has 1 N–H and O–H groups in total.